The summed E-state index contributed by atoms with van der Waals surface area (Å²) < 4.78 is 38.0. The third kappa shape index (κ3) is 5.96. The molecule has 0 amide bonds. The molecule has 2 rings (SSSR count). The van der Waals surface area contributed by atoms with Gasteiger partial charge in [0.1, 0.15) is 12.7 Å². The standard InChI is InChI=1S/C16H20ClF3N2O2/c17-15(12-5-4-6-13(9-12)16(18,19)20)21-24-11-14(23)10-22-7-2-1-3-8-22/h4-6,9,14,23H,1-3,7-8,10-11H2/b21-15-. The van der Waals surface area contributed by atoms with E-state index < -0.39 is 17.8 Å². The fourth-order valence-corrected chi connectivity index (χ4v) is 2.72. The van der Waals surface area contributed by atoms with Crippen LogP contribution >= 0.6 is 11.6 Å². The summed E-state index contributed by atoms with van der Waals surface area (Å²) in [6, 6.07) is 4.52. The van der Waals surface area contributed by atoms with E-state index in [1.54, 1.807) is 0 Å². The minimum atomic E-state index is -4.45. The fourth-order valence-electron chi connectivity index (χ4n) is 2.55. The third-order valence-electron chi connectivity index (χ3n) is 3.76. The maximum atomic E-state index is 12.7. The van der Waals surface area contributed by atoms with E-state index in [1.165, 1.54) is 18.6 Å². The van der Waals surface area contributed by atoms with E-state index in [0.717, 1.165) is 38.1 Å². The minimum absolute atomic E-state index is 0.0638. The first-order valence-corrected chi connectivity index (χ1v) is 8.17. The molecule has 0 saturated carbocycles. The number of aliphatic hydroxyl groups is 1. The number of hydrogen-bond acceptors (Lipinski definition) is 4. The minimum Gasteiger partial charge on any atom is -0.392 e. The molecule has 1 aliphatic heterocycles. The predicted octanol–water partition coefficient (Wildman–Crippen LogP) is 3.47. The molecule has 8 heteroatoms. The molecule has 1 unspecified atom stereocenters. The van der Waals surface area contributed by atoms with Crippen LogP contribution in [-0.4, -0.2) is 47.5 Å². The number of hydrogen-bond donors (Lipinski definition) is 1. The molecule has 0 bridgehead atoms. The first kappa shape index (κ1) is 19.0. The Kier molecular flexibility index (Phi) is 6.89. The molecule has 134 valence electrons. The van der Waals surface area contributed by atoms with E-state index in [2.05, 4.69) is 10.1 Å². The number of β-amino-alcohol motifs (C(OH)–C–C–N with tert-alkyl or cyclic N) is 1. The predicted molar refractivity (Wildman–Crippen MR) is 86.1 cm³/mol. The lowest BCUT2D eigenvalue weighted by atomic mass is 10.1. The van der Waals surface area contributed by atoms with Crippen LogP contribution in [-0.2, 0) is 11.0 Å². The van der Waals surface area contributed by atoms with Gasteiger partial charge in [0.2, 0.25) is 0 Å². The summed E-state index contributed by atoms with van der Waals surface area (Å²) in [5.74, 6) is 0. The van der Waals surface area contributed by atoms with E-state index in [1.807, 2.05) is 0 Å². The second-order valence-corrected chi connectivity index (χ2v) is 6.13. The maximum Gasteiger partial charge on any atom is 0.416 e. The number of benzene rings is 1. The number of oxime groups is 1. The average Bonchev–Trinajstić information content (AvgIpc) is 2.55. The van der Waals surface area contributed by atoms with E-state index in [4.69, 9.17) is 16.4 Å². The molecular weight excluding hydrogens is 345 g/mol. The highest BCUT2D eigenvalue weighted by atomic mass is 35.5. The Hall–Kier alpha value is -1.31. The van der Waals surface area contributed by atoms with Crippen LogP contribution in [0.5, 0.6) is 0 Å². The van der Waals surface area contributed by atoms with Crippen molar-refractivity contribution in [2.75, 3.05) is 26.2 Å². The molecule has 0 aliphatic carbocycles. The first-order chi connectivity index (χ1) is 11.4. The van der Waals surface area contributed by atoms with Crippen molar-refractivity contribution in [3.8, 4) is 0 Å². The molecular formula is C16H20ClF3N2O2. The average molecular weight is 365 g/mol. The first-order valence-electron chi connectivity index (χ1n) is 7.80. The van der Waals surface area contributed by atoms with Crippen molar-refractivity contribution in [3.05, 3.63) is 35.4 Å². The molecule has 0 aromatic heterocycles. The van der Waals surface area contributed by atoms with Crippen LogP contribution in [0.4, 0.5) is 13.2 Å². The van der Waals surface area contributed by atoms with Crippen molar-refractivity contribution in [3.63, 3.8) is 0 Å². The van der Waals surface area contributed by atoms with Crippen molar-refractivity contribution in [2.24, 2.45) is 5.16 Å². The molecule has 1 aromatic carbocycles. The second kappa shape index (κ2) is 8.69. The van der Waals surface area contributed by atoms with Crippen molar-refractivity contribution in [2.45, 2.75) is 31.5 Å². The zero-order chi connectivity index (χ0) is 17.6. The molecule has 1 fully saturated rings. The van der Waals surface area contributed by atoms with Gasteiger partial charge in [-0.1, -0.05) is 35.3 Å². The van der Waals surface area contributed by atoms with Crippen molar-refractivity contribution in [1.29, 1.82) is 0 Å². The van der Waals surface area contributed by atoms with E-state index in [-0.39, 0.29) is 17.3 Å². The van der Waals surface area contributed by atoms with Gasteiger partial charge in [-0.15, -0.1) is 0 Å². The topological polar surface area (TPSA) is 45.1 Å². The number of rotatable bonds is 6. The Morgan fingerprint density at radius 2 is 2.00 bits per heavy atom. The van der Waals surface area contributed by atoms with Crippen LogP contribution in [0.2, 0.25) is 0 Å². The number of likely N-dealkylation sites (tertiary alicyclic amines) is 1. The van der Waals surface area contributed by atoms with Gasteiger partial charge in [-0.3, -0.25) is 0 Å². The largest absolute Gasteiger partial charge is 0.416 e. The van der Waals surface area contributed by atoms with Crippen LogP contribution in [0, 0.1) is 0 Å². The van der Waals surface area contributed by atoms with Gasteiger partial charge in [0.05, 0.1) is 5.56 Å². The summed E-state index contributed by atoms with van der Waals surface area (Å²) in [4.78, 5) is 7.13. The Labute approximate surface area is 143 Å². The van der Waals surface area contributed by atoms with Crippen LogP contribution in [0.1, 0.15) is 30.4 Å². The highest BCUT2D eigenvalue weighted by Gasteiger charge is 2.30. The highest BCUT2D eigenvalue weighted by Crippen LogP contribution is 2.29. The van der Waals surface area contributed by atoms with Crippen LogP contribution in [0.25, 0.3) is 0 Å². The Morgan fingerprint density at radius 1 is 1.29 bits per heavy atom. The van der Waals surface area contributed by atoms with Gasteiger partial charge >= 0.3 is 6.18 Å². The Balaban J connectivity index is 1.85. The monoisotopic (exact) mass is 364 g/mol. The summed E-state index contributed by atoms with van der Waals surface area (Å²) >= 11 is 5.87. The summed E-state index contributed by atoms with van der Waals surface area (Å²) in [7, 11) is 0. The normalized spacial score (nSPS) is 18.5. The van der Waals surface area contributed by atoms with Gasteiger partial charge in [0.25, 0.3) is 0 Å². The quantitative estimate of drug-likeness (QED) is 0.621. The summed E-state index contributed by atoms with van der Waals surface area (Å²) in [5.41, 5.74) is -0.699. The van der Waals surface area contributed by atoms with E-state index in [9.17, 15) is 18.3 Å². The molecule has 1 N–H and O–H groups in total. The molecule has 24 heavy (non-hydrogen) atoms. The van der Waals surface area contributed by atoms with Gasteiger partial charge in [-0.2, -0.15) is 13.2 Å². The van der Waals surface area contributed by atoms with Gasteiger partial charge in [0.15, 0.2) is 5.17 Å². The molecule has 1 saturated heterocycles. The molecule has 4 nitrogen and oxygen atoms in total. The smallest absolute Gasteiger partial charge is 0.392 e. The molecule has 0 radical (unpaired) electrons. The lowest BCUT2D eigenvalue weighted by molar-refractivity contribution is -0.137. The van der Waals surface area contributed by atoms with Gasteiger partial charge in [-0.25, -0.2) is 0 Å². The molecule has 1 atom stereocenters. The number of nitrogens with zero attached hydrogens (tertiary/aromatic N) is 2. The molecule has 1 aromatic rings. The number of aliphatic hydroxyl groups excluding tert-OH is 1. The van der Waals surface area contributed by atoms with Crippen molar-refractivity contribution >= 4 is 16.8 Å². The van der Waals surface area contributed by atoms with Crippen LogP contribution in [0.15, 0.2) is 29.4 Å². The lowest BCUT2D eigenvalue weighted by Gasteiger charge is -2.27. The fraction of sp³-hybridized carbons (Fsp3) is 0.562. The molecule has 1 heterocycles. The van der Waals surface area contributed by atoms with E-state index in [0.29, 0.717) is 6.54 Å². The third-order valence-corrected chi connectivity index (χ3v) is 4.04. The Morgan fingerprint density at radius 3 is 2.67 bits per heavy atom. The van der Waals surface area contributed by atoms with Crippen molar-refractivity contribution in [1.82, 2.24) is 4.90 Å². The lowest BCUT2D eigenvalue weighted by Crippen LogP contribution is -2.38. The van der Waals surface area contributed by atoms with Gasteiger partial charge in [-0.05, 0) is 38.1 Å². The van der Waals surface area contributed by atoms with Crippen LogP contribution in [0.3, 0.4) is 0 Å². The number of alkyl halides is 3. The van der Waals surface area contributed by atoms with E-state index >= 15 is 0 Å². The second-order valence-electron chi connectivity index (χ2n) is 5.77. The molecule has 0 spiro atoms. The number of halogens is 4. The zero-order valence-corrected chi connectivity index (χ0v) is 13.9. The van der Waals surface area contributed by atoms with Gasteiger partial charge in [0, 0.05) is 12.1 Å². The SMILES string of the molecule is OC(CO/N=C(\Cl)c1cccc(C(F)(F)F)c1)CN1CCCCC1. The highest BCUT2D eigenvalue weighted by molar-refractivity contribution is 6.69. The Bertz CT molecular complexity index is 560. The van der Waals surface area contributed by atoms with Gasteiger partial charge < -0.3 is 14.8 Å². The summed E-state index contributed by atoms with van der Waals surface area (Å²) in [6.45, 7) is 2.32. The molecule has 1 aliphatic rings. The van der Waals surface area contributed by atoms with Crippen LogP contribution < -0.4 is 0 Å². The zero-order valence-electron chi connectivity index (χ0n) is 13.1. The maximum absolute atomic E-state index is 12.7. The summed E-state index contributed by atoms with van der Waals surface area (Å²) in [5, 5.41) is 13.3. The van der Waals surface area contributed by atoms with Crippen molar-refractivity contribution < 1.29 is 23.1 Å². The number of piperidine rings is 1. The summed E-state index contributed by atoms with van der Waals surface area (Å²) in [6.07, 6.45) is -1.73.